The van der Waals surface area contributed by atoms with Gasteiger partial charge in [-0.25, -0.2) is 0 Å². The molecule has 180 valence electrons. The van der Waals surface area contributed by atoms with Crippen molar-refractivity contribution in [3.63, 3.8) is 0 Å². The van der Waals surface area contributed by atoms with Gasteiger partial charge in [0.2, 0.25) is 0 Å². The monoisotopic (exact) mass is 470 g/mol. The fourth-order valence-electron chi connectivity index (χ4n) is 4.87. The molecule has 0 aromatic heterocycles. The highest BCUT2D eigenvalue weighted by atomic mass is 15.1. The highest BCUT2D eigenvalue weighted by Crippen LogP contribution is 2.36. The third-order valence-electron chi connectivity index (χ3n) is 6.82. The Morgan fingerprint density at radius 3 is 1.75 bits per heavy atom. The van der Waals surface area contributed by atoms with E-state index in [2.05, 4.69) is 152 Å². The van der Waals surface area contributed by atoms with E-state index in [4.69, 9.17) is 0 Å². The first-order valence-corrected chi connectivity index (χ1v) is 12.9. The summed E-state index contributed by atoms with van der Waals surface area (Å²) in [5.41, 5.74) is 9.69. The molecule has 1 atom stereocenters. The number of hydrogen-bond acceptors (Lipinski definition) is 2. The highest BCUT2D eigenvalue weighted by Gasteiger charge is 2.14. The maximum Gasteiger partial charge on any atom is 0.0462 e. The standard InChI is InChI=1S/C34H34N2/c1-4-35(34-12-8-9-27(3)25-34)30-21-15-28(16-22-30)29-17-23-33(24-18-29)36(31-10-6-5-7-11-31)32-19-13-26(2)14-20-32/h5-8,10-25,27H,4,9H2,1-3H3. The van der Waals surface area contributed by atoms with Crippen molar-refractivity contribution in [2.24, 2.45) is 5.92 Å². The molecule has 2 nitrogen and oxygen atoms in total. The molecule has 1 unspecified atom stereocenters. The predicted octanol–water partition coefficient (Wildman–Crippen LogP) is 9.44. The van der Waals surface area contributed by atoms with E-state index in [-0.39, 0.29) is 0 Å². The van der Waals surface area contributed by atoms with Gasteiger partial charge in [-0.15, -0.1) is 0 Å². The first-order chi connectivity index (χ1) is 17.6. The molecule has 0 aliphatic heterocycles. The molecular formula is C34H34N2. The SMILES string of the molecule is CCN(C1=CC(C)CC=C1)c1ccc(-c2ccc(N(c3ccccc3)c3ccc(C)cc3)cc2)cc1. The lowest BCUT2D eigenvalue weighted by molar-refractivity contribution is 0.721. The second kappa shape index (κ2) is 10.7. The van der Waals surface area contributed by atoms with Crippen LogP contribution in [0.15, 0.2) is 127 Å². The molecular weight excluding hydrogens is 436 g/mol. The number of para-hydroxylation sites is 1. The van der Waals surface area contributed by atoms with Crippen LogP contribution in [0.1, 0.15) is 25.8 Å². The van der Waals surface area contributed by atoms with Crippen LogP contribution in [0.4, 0.5) is 22.7 Å². The van der Waals surface area contributed by atoms with Crippen molar-refractivity contribution in [3.05, 3.63) is 133 Å². The Bertz CT molecular complexity index is 1330. The van der Waals surface area contributed by atoms with E-state index in [1.54, 1.807) is 0 Å². The van der Waals surface area contributed by atoms with Gasteiger partial charge >= 0.3 is 0 Å². The Morgan fingerprint density at radius 1 is 0.667 bits per heavy atom. The summed E-state index contributed by atoms with van der Waals surface area (Å²) in [6.45, 7) is 7.57. The Balaban J connectivity index is 1.41. The van der Waals surface area contributed by atoms with Crippen molar-refractivity contribution in [1.82, 2.24) is 0 Å². The zero-order chi connectivity index (χ0) is 24.9. The minimum Gasteiger partial charge on any atom is -0.342 e. The molecule has 0 amide bonds. The van der Waals surface area contributed by atoms with Gasteiger partial charge in [0.25, 0.3) is 0 Å². The first-order valence-electron chi connectivity index (χ1n) is 12.9. The Hall–Kier alpha value is -4.04. The summed E-state index contributed by atoms with van der Waals surface area (Å²) in [7, 11) is 0. The normalized spacial score (nSPS) is 14.9. The Morgan fingerprint density at radius 2 is 1.19 bits per heavy atom. The van der Waals surface area contributed by atoms with Crippen molar-refractivity contribution >= 4 is 22.7 Å². The average molecular weight is 471 g/mol. The molecule has 0 saturated carbocycles. The summed E-state index contributed by atoms with van der Waals surface area (Å²) in [5, 5.41) is 0. The maximum absolute atomic E-state index is 2.39. The summed E-state index contributed by atoms with van der Waals surface area (Å²) in [6.07, 6.45) is 8.04. The average Bonchev–Trinajstić information content (AvgIpc) is 2.92. The fraction of sp³-hybridized carbons (Fsp3) is 0.176. The van der Waals surface area contributed by atoms with Gasteiger partial charge in [0.15, 0.2) is 0 Å². The van der Waals surface area contributed by atoms with Gasteiger partial charge in [0.1, 0.15) is 0 Å². The molecule has 1 aliphatic carbocycles. The molecule has 36 heavy (non-hydrogen) atoms. The van der Waals surface area contributed by atoms with E-state index in [0.717, 1.165) is 30.0 Å². The second-order valence-corrected chi connectivity index (χ2v) is 9.55. The summed E-state index contributed by atoms with van der Waals surface area (Å²) < 4.78 is 0. The molecule has 5 rings (SSSR count). The van der Waals surface area contributed by atoms with Crippen LogP contribution in [0.2, 0.25) is 0 Å². The van der Waals surface area contributed by atoms with Crippen molar-refractivity contribution in [2.75, 3.05) is 16.3 Å². The lowest BCUT2D eigenvalue weighted by Gasteiger charge is -2.27. The lowest BCUT2D eigenvalue weighted by atomic mass is 10.00. The first kappa shape index (κ1) is 23.7. The number of allylic oxidation sites excluding steroid dienone is 3. The van der Waals surface area contributed by atoms with Crippen molar-refractivity contribution in [3.8, 4) is 11.1 Å². The number of benzene rings is 4. The van der Waals surface area contributed by atoms with Crippen molar-refractivity contribution in [2.45, 2.75) is 27.2 Å². The number of aryl methyl sites for hydroxylation is 1. The zero-order valence-corrected chi connectivity index (χ0v) is 21.4. The predicted molar refractivity (Wildman–Crippen MR) is 155 cm³/mol. The highest BCUT2D eigenvalue weighted by molar-refractivity contribution is 5.78. The van der Waals surface area contributed by atoms with E-state index in [0.29, 0.717) is 5.92 Å². The molecule has 4 aromatic rings. The number of nitrogens with zero attached hydrogens (tertiary/aromatic N) is 2. The minimum absolute atomic E-state index is 0.590. The number of likely N-dealkylation sites (N-methyl/N-ethyl adjacent to an activating group) is 1. The van der Waals surface area contributed by atoms with Crippen LogP contribution in [0, 0.1) is 12.8 Å². The summed E-state index contributed by atoms with van der Waals surface area (Å²) >= 11 is 0. The molecule has 0 bridgehead atoms. The minimum atomic E-state index is 0.590. The van der Waals surface area contributed by atoms with E-state index in [1.807, 2.05) is 0 Å². The van der Waals surface area contributed by atoms with Gasteiger partial charge in [-0.05, 0) is 91.9 Å². The molecule has 0 heterocycles. The van der Waals surface area contributed by atoms with Crippen LogP contribution in [-0.2, 0) is 0 Å². The lowest BCUT2D eigenvalue weighted by Crippen LogP contribution is -2.22. The van der Waals surface area contributed by atoms with Crippen LogP contribution < -0.4 is 9.80 Å². The summed E-state index contributed by atoms with van der Waals surface area (Å²) in [6, 6.07) is 37.1. The van der Waals surface area contributed by atoms with Crippen LogP contribution >= 0.6 is 0 Å². The third kappa shape index (κ3) is 5.13. The quantitative estimate of drug-likeness (QED) is 0.265. The topological polar surface area (TPSA) is 6.48 Å². The zero-order valence-electron chi connectivity index (χ0n) is 21.4. The van der Waals surface area contributed by atoms with Gasteiger partial charge in [-0.2, -0.15) is 0 Å². The van der Waals surface area contributed by atoms with Crippen molar-refractivity contribution in [1.29, 1.82) is 0 Å². The smallest absolute Gasteiger partial charge is 0.0462 e. The van der Waals surface area contributed by atoms with Gasteiger partial charge in [-0.1, -0.05) is 79.2 Å². The van der Waals surface area contributed by atoms with E-state index >= 15 is 0 Å². The fourth-order valence-corrected chi connectivity index (χ4v) is 4.87. The molecule has 0 radical (unpaired) electrons. The van der Waals surface area contributed by atoms with Crippen LogP contribution in [0.25, 0.3) is 11.1 Å². The number of rotatable bonds is 7. The molecule has 0 fully saturated rings. The summed E-state index contributed by atoms with van der Waals surface area (Å²) in [4.78, 5) is 4.69. The third-order valence-corrected chi connectivity index (χ3v) is 6.82. The molecule has 0 spiro atoms. The largest absolute Gasteiger partial charge is 0.342 e. The van der Waals surface area contributed by atoms with Gasteiger partial charge in [0.05, 0.1) is 0 Å². The number of hydrogen-bond donors (Lipinski definition) is 0. The van der Waals surface area contributed by atoms with Gasteiger partial charge < -0.3 is 9.80 Å². The van der Waals surface area contributed by atoms with Crippen LogP contribution in [0.5, 0.6) is 0 Å². The molecule has 4 aromatic carbocycles. The van der Waals surface area contributed by atoms with Gasteiger partial charge in [0, 0.05) is 35.0 Å². The second-order valence-electron chi connectivity index (χ2n) is 9.55. The Labute approximate surface area is 215 Å². The van der Waals surface area contributed by atoms with E-state index < -0.39 is 0 Å². The van der Waals surface area contributed by atoms with E-state index in [9.17, 15) is 0 Å². The Kier molecular flexibility index (Phi) is 7.04. The molecule has 1 aliphatic rings. The van der Waals surface area contributed by atoms with Crippen LogP contribution in [-0.4, -0.2) is 6.54 Å². The van der Waals surface area contributed by atoms with Crippen molar-refractivity contribution < 1.29 is 0 Å². The van der Waals surface area contributed by atoms with Gasteiger partial charge in [-0.3, -0.25) is 0 Å². The summed E-state index contributed by atoms with van der Waals surface area (Å²) in [5.74, 6) is 0.590. The number of anilines is 4. The van der Waals surface area contributed by atoms with Crippen LogP contribution in [0.3, 0.4) is 0 Å². The van der Waals surface area contributed by atoms with E-state index in [1.165, 1.54) is 28.1 Å². The molecule has 0 saturated heterocycles. The molecule has 0 N–H and O–H groups in total. The maximum atomic E-state index is 2.39. The molecule has 2 heteroatoms.